The lowest BCUT2D eigenvalue weighted by molar-refractivity contribution is 0.631. The third-order valence-corrected chi connectivity index (χ3v) is 5.51. The van der Waals surface area contributed by atoms with Crippen molar-refractivity contribution in [2.45, 2.75) is 0 Å². The lowest BCUT2D eigenvalue weighted by Crippen LogP contribution is -1.87. The number of nitrogens with one attached hydrogen (secondary N) is 2. The van der Waals surface area contributed by atoms with Crippen LogP contribution in [0, 0.1) is 5.82 Å². The Morgan fingerprint density at radius 3 is 2.42 bits per heavy atom. The molecule has 4 heterocycles. The zero-order valence-electron chi connectivity index (χ0n) is 16.3. The highest BCUT2D eigenvalue weighted by Gasteiger charge is 2.16. The largest absolute Gasteiger partial charge is 0.353 e. The van der Waals surface area contributed by atoms with Gasteiger partial charge in [0.25, 0.3) is 0 Å². The summed E-state index contributed by atoms with van der Waals surface area (Å²) in [5.74, 6) is -0.294. The molecule has 2 aromatic carbocycles. The van der Waals surface area contributed by atoms with Crippen LogP contribution in [-0.4, -0.2) is 25.1 Å². The van der Waals surface area contributed by atoms with E-state index in [1.807, 2.05) is 36.4 Å². The van der Waals surface area contributed by atoms with Gasteiger partial charge in [0.1, 0.15) is 11.5 Å². The maximum atomic E-state index is 14.4. The highest BCUT2D eigenvalue weighted by Crippen LogP contribution is 2.34. The molecule has 31 heavy (non-hydrogen) atoms. The Balaban J connectivity index is 1.53. The monoisotopic (exact) mass is 405 g/mol. The average molecular weight is 405 g/mol. The highest BCUT2D eigenvalue weighted by molar-refractivity contribution is 6.00. The quantitative estimate of drug-likeness (QED) is 0.381. The summed E-state index contributed by atoms with van der Waals surface area (Å²) in [6, 6.07) is 20.7. The number of hydrogen-bond donors (Lipinski definition) is 2. The van der Waals surface area contributed by atoms with Crippen LogP contribution in [0.5, 0.6) is 0 Å². The third kappa shape index (κ3) is 2.88. The number of nitrogens with zero attached hydrogens (tertiary/aromatic N) is 3. The van der Waals surface area contributed by atoms with Gasteiger partial charge in [-0.15, -0.1) is 0 Å². The van der Waals surface area contributed by atoms with Gasteiger partial charge in [-0.3, -0.25) is 15.1 Å². The molecule has 4 aromatic heterocycles. The van der Waals surface area contributed by atoms with Crippen LogP contribution < -0.4 is 0 Å². The molecule has 0 aliphatic rings. The molecule has 2 N–H and O–H groups in total. The van der Waals surface area contributed by atoms with Crippen molar-refractivity contribution in [1.82, 2.24) is 25.1 Å². The van der Waals surface area contributed by atoms with Crippen molar-refractivity contribution in [2.24, 2.45) is 0 Å². The van der Waals surface area contributed by atoms with Gasteiger partial charge < -0.3 is 4.98 Å². The van der Waals surface area contributed by atoms with Crippen molar-refractivity contribution >= 4 is 21.8 Å². The van der Waals surface area contributed by atoms with Crippen molar-refractivity contribution in [2.75, 3.05) is 0 Å². The number of rotatable bonds is 3. The van der Waals surface area contributed by atoms with Crippen LogP contribution in [0.25, 0.3) is 55.6 Å². The number of fused-ring (bicyclic) bond motifs is 2. The van der Waals surface area contributed by atoms with E-state index in [2.05, 4.69) is 37.3 Å². The molecule has 6 aromatic rings. The Morgan fingerprint density at radius 1 is 0.710 bits per heavy atom. The van der Waals surface area contributed by atoms with Crippen LogP contribution >= 0.6 is 0 Å². The zero-order chi connectivity index (χ0) is 20.8. The number of aromatic nitrogens is 5. The summed E-state index contributed by atoms with van der Waals surface area (Å²) in [4.78, 5) is 12.0. The predicted octanol–water partition coefficient (Wildman–Crippen LogP) is 5.97. The van der Waals surface area contributed by atoms with E-state index in [-0.39, 0.29) is 5.82 Å². The first-order valence-electron chi connectivity index (χ1n) is 9.89. The molecule has 6 heteroatoms. The molecule has 6 rings (SSSR count). The fraction of sp³-hybridized carbons (Fsp3) is 0. The summed E-state index contributed by atoms with van der Waals surface area (Å²) >= 11 is 0. The number of halogens is 1. The van der Waals surface area contributed by atoms with Gasteiger partial charge in [-0.1, -0.05) is 18.2 Å². The van der Waals surface area contributed by atoms with E-state index in [0.29, 0.717) is 11.3 Å². The molecule has 0 unspecified atom stereocenters. The van der Waals surface area contributed by atoms with E-state index >= 15 is 0 Å². The first-order chi connectivity index (χ1) is 15.3. The first-order valence-corrected chi connectivity index (χ1v) is 9.89. The summed E-state index contributed by atoms with van der Waals surface area (Å²) < 4.78 is 14.4. The molecule has 0 amide bonds. The molecule has 0 aliphatic heterocycles. The molecule has 0 atom stereocenters. The lowest BCUT2D eigenvalue weighted by atomic mass is 10.0. The summed E-state index contributed by atoms with van der Waals surface area (Å²) in [7, 11) is 0. The topological polar surface area (TPSA) is 70.2 Å². The van der Waals surface area contributed by atoms with Crippen LogP contribution in [0.2, 0.25) is 0 Å². The molecule has 148 valence electrons. The normalized spacial score (nSPS) is 11.4. The molecular formula is C25H16FN5. The van der Waals surface area contributed by atoms with Crippen LogP contribution in [0.4, 0.5) is 4.39 Å². The Morgan fingerprint density at radius 2 is 1.55 bits per heavy atom. The van der Waals surface area contributed by atoms with Crippen LogP contribution in [0.15, 0.2) is 85.3 Å². The molecule has 0 saturated heterocycles. The van der Waals surface area contributed by atoms with Gasteiger partial charge in [0.05, 0.1) is 16.9 Å². The zero-order valence-corrected chi connectivity index (χ0v) is 16.3. The minimum absolute atomic E-state index is 0.294. The Hall–Kier alpha value is -4.32. The van der Waals surface area contributed by atoms with Gasteiger partial charge in [0, 0.05) is 40.4 Å². The minimum atomic E-state index is -0.294. The molecule has 0 saturated carbocycles. The summed E-state index contributed by atoms with van der Waals surface area (Å²) in [5.41, 5.74) is 6.74. The van der Waals surface area contributed by atoms with Crippen molar-refractivity contribution in [3.05, 3.63) is 91.1 Å². The van der Waals surface area contributed by atoms with Crippen molar-refractivity contribution < 1.29 is 4.39 Å². The predicted molar refractivity (Wildman–Crippen MR) is 120 cm³/mol. The average Bonchev–Trinajstić information content (AvgIpc) is 3.43. The summed E-state index contributed by atoms with van der Waals surface area (Å²) in [6.07, 6.45) is 5.25. The standard InChI is InChI=1S/C25H16FN5/c26-20-4-2-1-3-17(20)24-19-14-23(29-21(19)9-12-28-24)25-18-13-16(5-6-22(18)30-31-25)15-7-10-27-11-8-15/h1-14,29H,(H,30,31). The molecule has 0 bridgehead atoms. The number of pyridine rings is 2. The molecule has 0 fully saturated rings. The van der Waals surface area contributed by atoms with E-state index in [0.717, 1.165) is 44.3 Å². The van der Waals surface area contributed by atoms with Crippen LogP contribution in [0.1, 0.15) is 0 Å². The Bertz CT molecular complexity index is 1550. The van der Waals surface area contributed by atoms with Gasteiger partial charge >= 0.3 is 0 Å². The lowest BCUT2D eigenvalue weighted by Gasteiger charge is -2.03. The second-order valence-corrected chi connectivity index (χ2v) is 7.35. The minimum Gasteiger partial charge on any atom is -0.353 e. The number of benzene rings is 2. The van der Waals surface area contributed by atoms with Crippen molar-refractivity contribution in [3.8, 4) is 33.8 Å². The van der Waals surface area contributed by atoms with E-state index in [1.54, 1.807) is 30.7 Å². The molecular weight excluding hydrogens is 389 g/mol. The van der Waals surface area contributed by atoms with Crippen molar-refractivity contribution in [3.63, 3.8) is 0 Å². The van der Waals surface area contributed by atoms with Crippen molar-refractivity contribution in [1.29, 1.82) is 0 Å². The summed E-state index contributed by atoms with van der Waals surface area (Å²) in [6.45, 7) is 0. The van der Waals surface area contributed by atoms with Gasteiger partial charge in [0.2, 0.25) is 0 Å². The number of H-pyrrole nitrogens is 2. The smallest absolute Gasteiger partial charge is 0.132 e. The second-order valence-electron chi connectivity index (χ2n) is 7.35. The fourth-order valence-corrected chi connectivity index (χ4v) is 3.99. The van der Waals surface area contributed by atoms with E-state index < -0.39 is 0 Å². The molecule has 5 nitrogen and oxygen atoms in total. The Kier molecular flexibility index (Phi) is 3.89. The van der Waals surface area contributed by atoms with E-state index in [4.69, 9.17) is 0 Å². The summed E-state index contributed by atoms with van der Waals surface area (Å²) in [5, 5.41) is 9.51. The van der Waals surface area contributed by atoms with E-state index in [1.165, 1.54) is 6.07 Å². The Labute approximate surface area is 176 Å². The maximum Gasteiger partial charge on any atom is 0.132 e. The second kappa shape index (κ2) is 6.88. The molecule has 0 spiro atoms. The fourth-order valence-electron chi connectivity index (χ4n) is 3.99. The van der Waals surface area contributed by atoms with Gasteiger partial charge in [-0.05, 0) is 59.7 Å². The van der Waals surface area contributed by atoms with E-state index in [9.17, 15) is 4.39 Å². The van der Waals surface area contributed by atoms with Gasteiger partial charge in [-0.25, -0.2) is 4.39 Å². The molecule has 0 radical (unpaired) electrons. The number of hydrogen-bond acceptors (Lipinski definition) is 3. The highest BCUT2D eigenvalue weighted by atomic mass is 19.1. The van der Waals surface area contributed by atoms with Crippen LogP contribution in [0.3, 0.4) is 0 Å². The van der Waals surface area contributed by atoms with Crippen LogP contribution in [-0.2, 0) is 0 Å². The van der Waals surface area contributed by atoms with Gasteiger partial charge in [-0.2, -0.15) is 5.10 Å². The SMILES string of the molecule is Fc1ccccc1-c1nccc2[nH]c(-c3n[nH]c4ccc(-c5ccncc5)cc34)cc12. The number of aromatic amines is 2. The first kappa shape index (κ1) is 17.5. The van der Waals surface area contributed by atoms with Gasteiger partial charge in [0.15, 0.2) is 0 Å². The maximum absolute atomic E-state index is 14.4. The molecule has 0 aliphatic carbocycles. The third-order valence-electron chi connectivity index (χ3n) is 5.51.